The molecule has 2 aromatic carbocycles. The molecular formula is C19H22N2O3. The fraction of sp³-hybridized carbons (Fsp3) is 0.263. The maximum Gasteiger partial charge on any atom is 0.251 e. The van der Waals surface area contributed by atoms with Crippen molar-refractivity contribution in [1.82, 2.24) is 10.6 Å². The smallest absolute Gasteiger partial charge is 0.251 e. The molecule has 2 rings (SSSR count). The molecule has 24 heavy (non-hydrogen) atoms. The second-order valence-electron chi connectivity index (χ2n) is 5.53. The Bertz CT molecular complexity index is 669. The molecule has 126 valence electrons. The molecule has 0 spiro atoms. The first-order valence-corrected chi connectivity index (χ1v) is 7.93. The van der Waals surface area contributed by atoms with Gasteiger partial charge < -0.3 is 15.4 Å². The number of ether oxygens (including phenoxy) is 1. The fourth-order valence-corrected chi connectivity index (χ4v) is 2.15. The van der Waals surface area contributed by atoms with Gasteiger partial charge in [-0.3, -0.25) is 9.59 Å². The van der Waals surface area contributed by atoms with E-state index in [-0.39, 0.29) is 17.9 Å². The second-order valence-corrected chi connectivity index (χ2v) is 5.53. The van der Waals surface area contributed by atoms with Crippen LogP contribution in [-0.4, -0.2) is 24.9 Å². The molecule has 0 saturated carbocycles. The van der Waals surface area contributed by atoms with Crippen LogP contribution in [0.1, 0.15) is 30.1 Å². The summed E-state index contributed by atoms with van der Waals surface area (Å²) in [7, 11) is 1.60. The number of carbonyl (C=O) groups is 2. The third-order valence-electron chi connectivity index (χ3n) is 3.56. The van der Waals surface area contributed by atoms with Crippen LogP contribution in [0.25, 0.3) is 0 Å². The van der Waals surface area contributed by atoms with Crippen LogP contribution in [0.3, 0.4) is 0 Å². The highest BCUT2D eigenvalue weighted by Crippen LogP contribution is 2.21. The summed E-state index contributed by atoms with van der Waals surface area (Å²) >= 11 is 0. The minimum Gasteiger partial charge on any atom is -0.457 e. The van der Waals surface area contributed by atoms with Crippen LogP contribution in [0.2, 0.25) is 0 Å². The lowest BCUT2D eigenvalue weighted by Crippen LogP contribution is -2.33. The normalized spacial score (nSPS) is 11.4. The Kier molecular flexibility index (Phi) is 6.37. The predicted octanol–water partition coefficient (Wildman–Crippen LogP) is 3.12. The second kappa shape index (κ2) is 8.72. The molecule has 0 aliphatic rings. The summed E-state index contributed by atoms with van der Waals surface area (Å²) in [6.45, 7) is 1.88. The van der Waals surface area contributed by atoms with Crippen LogP contribution in [0.15, 0.2) is 54.6 Å². The van der Waals surface area contributed by atoms with Gasteiger partial charge in [-0.05, 0) is 49.7 Å². The van der Waals surface area contributed by atoms with Gasteiger partial charge in [-0.1, -0.05) is 18.2 Å². The third kappa shape index (κ3) is 5.43. The van der Waals surface area contributed by atoms with E-state index in [0.717, 1.165) is 5.75 Å². The Morgan fingerprint density at radius 1 is 1.00 bits per heavy atom. The van der Waals surface area contributed by atoms with Crippen LogP contribution in [0, 0.1) is 0 Å². The maximum absolute atomic E-state index is 12.2. The van der Waals surface area contributed by atoms with Crippen molar-refractivity contribution in [2.75, 3.05) is 7.05 Å². The molecule has 0 heterocycles. The van der Waals surface area contributed by atoms with Gasteiger partial charge in [0.15, 0.2) is 0 Å². The largest absolute Gasteiger partial charge is 0.457 e. The van der Waals surface area contributed by atoms with E-state index in [1.807, 2.05) is 37.3 Å². The molecule has 2 N–H and O–H groups in total. The summed E-state index contributed by atoms with van der Waals surface area (Å²) in [5, 5.41) is 5.45. The molecule has 2 amide bonds. The van der Waals surface area contributed by atoms with E-state index < -0.39 is 0 Å². The number of hydrogen-bond donors (Lipinski definition) is 2. The highest BCUT2D eigenvalue weighted by atomic mass is 16.5. The van der Waals surface area contributed by atoms with E-state index in [4.69, 9.17) is 4.74 Å². The maximum atomic E-state index is 12.2. The van der Waals surface area contributed by atoms with Crippen molar-refractivity contribution in [1.29, 1.82) is 0 Å². The van der Waals surface area contributed by atoms with Crippen LogP contribution >= 0.6 is 0 Å². The lowest BCUT2D eigenvalue weighted by molar-refractivity contribution is -0.120. The average Bonchev–Trinajstić information content (AvgIpc) is 2.61. The summed E-state index contributed by atoms with van der Waals surface area (Å²) in [5.74, 6) is 1.23. The number of benzene rings is 2. The summed E-state index contributed by atoms with van der Waals surface area (Å²) in [5.41, 5.74) is 0.558. The summed E-state index contributed by atoms with van der Waals surface area (Å²) in [6.07, 6.45) is 0.989. The SMILES string of the molecule is CNC(=O)CC[C@H](C)NC(=O)c1ccc(Oc2ccccc2)cc1. The monoisotopic (exact) mass is 326 g/mol. The Hall–Kier alpha value is -2.82. The standard InChI is InChI=1S/C19H22N2O3/c1-14(8-13-18(22)20-2)21-19(23)15-9-11-17(12-10-15)24-16-6-4-3-5-7-16/h3-7,9-12,14H,8,13H2,1-2H3,(H,20,22)(H,21,23)/t14-/m0/s1. The van der Waals surface area contributed by atoms with Crippen LogP contribution in [0.4, 0.5) is 0 Å². The Morgan fingerprint density at radius 3 is 2.25 bits per heavy atom. The van der Waals surface area contributed by atoms with Gasteiger partial charge in [-0.25, -0.2) is 0 Å². The molecule has 0 aromatic heterocycles. The summed E-state index contributed by atoms with van der Waals surface area (Å²) in [4.78, 5) is 23.4. The quantitative estimate of drug-likeness (QED) is 0.821. The molecule has 1 atom stereocenters. The molecule has 0 aliphatic heterocycles. The molecule has 0 bridgehead atoms. The van der Waals surface area contributed by atoms with Gasteiger partial charge in [0.2, 0.25) is 5.91 Å². The number of hydrogen-bond acceptors (Lipinski definition) is 3. The van der Waals surface area contributed by atoms with E-state index in [0.29, 0.717) is 24.2 Å². The topological polar surface area (TPSA) is 67.4 Å². The number of para-hydroxylation sites is 1. The lowest BCUT2D eigenvalue weighted by atomic mass is 10.1. The molecule has 5 nitrogen and oxygen atoms in total. The Balaban J connectivity index is 1.88. The van der Waals surface area contributed by atoms with Gasteiger partial charge in [0.1, 0.15) is 11.5 Å². The van der Waals surface area contributed by atoms with Crippen LogP contribution in [0.5, 0.6) is 11.5 Å². The Morgan fingerprint density at radius 2 is 1.62 bits per heavy atom. The highest BCUT2D eigenvalue weighted by Gasteiger charge is 2.11. The first kappa shape index (κ1) is 17.5. The molecule has 0 unspecified atom stereocenters. The lowest BCUT2D eigenvalue weighted by Gasteiger charge is -2.13. The number of nitrogens with one attached hydrogen (secondary N) is 2. The fourth-order valence-electron chi connectivity index (χ4n) is 2.15. The van der Waals surface area contributed by atoms with Gasteiger partial charge in [-0.2, -0.15) is 0 Å². The first-order chi connectivity index (χ1) is 11.6. The Labute approximate surface area is 142 Å². The average molecular weight is 326 g/mol. The van der Waals surface area contributed by atoms with Crippen molar-refractivity contribution in [2.45, 2.75) is 25.8 Å². The molecule has 2 aromatic rings. The van der Waals surface area contributed by atoms with Crippen molar-refractivity contribution in [3.05, 3.63) is 60.2 Å². The summed E-state index contributed by atoms with van der Waals surface area (Å²) in [6, 6.07) is 16.4. The predicted molar refractivity (Wildman–Crippen MR) is 93.2 cm³/mol. The van der Waals surface area contributed by atoms with Gasteiger partial charge >= 0.3 is 0 Å². The van der Waals surface area contributed by atoms with Crippen molar-refractivity contribution < 1.29 is 14.3 Å². The minimum absolute atomic E-state index is 0.0292. The third-order valence-corrected chi connectivity index (χ3v) is 3.56. The zero-order valence-corrected chi connectivity index (χ0v) is 13.9. The number of rotatable bonds is 7. The highest BCUT2D eigenvalue weighted by molar-refractivity contribution is 5.94. The van der Waals surface area contributed by atoms with Crippen LogP contribution < -0.4 is 15.4 Å². The van der Waals surface area contributed by atoms with Crippen molar-refractivity contribution in [3.63, 3.8) is 0 Å². The van der Waals surface area contributed by atoms with E-state index in [9.17, 15) is 9.59 Å². The first-order valence-electron chi connectivity index (χ1n) is 7.93. The molecule has 0 fully saturated rings. The number of carbonyl (C=O) groups excluding carboxylic acids is 2. The van der Waals surface area contributed by atoms with E-state index >= 15 is 0 Å². The number of amides is 2. The van der Waals surface area contributed by atoms with Crippen molar-refractivity contribution in [3.8, 4) is 11.5 Å². The molecule has 0 aliphatic carbocycles. The van der Waals surface area contributed by atoms with Gasteiger partial charge in [-0.15, -0.1) is 0 Å². The van der Waals surface area contributed by atoms with Gasteiger partial charge in [0.25, 0.3) is 5.91 Å². The van der Waals surface area contributed by atoms with Gasteiger partial charge in [0, 0.05) is 25.1 Å². The molecule has 0 radical (unpaired) electrons. The van der Waals surface area contributed by atoms with Gasteiger partial charge in [0.05, 0.1) is 0 Å². The summed E-state index contributed by atoms with van der Waals surface area (Å²) < 4.78 is 5.70. The molecule has 5 heteroatoms. The van der Waals surface area contributed by atoms with Crippen molar-refractivity contribution in [2.24, 2.45) is 0 Å². The van der Waals surface area contributed by atoms with Crippen LogP contribution in [-0.2, 0) is 4.79 Å². The molecular weight excluding hydrogens is 304 g/mol. The van der Waals surface area contributed by atoms with E-state index in [1.165, 1.54) is 0 Å². The zero-order chi connectivity index (χ0) is 17.4. The molecule has 0 saturated heterocycles. The van der Waals surface area contributed by atoms with E-state index in [2.05, 4.69) is 10.6 Å². The van der Waals surface area contributed by atoms with Crippen molar-refractivity contribution >= 4 is 11.8 Å². The zero-order valence-electron chi connectivity index (χ0n) is 13.9. The van der Waals surface area contributed by atoms with E-state index in [1.54, 1.807) is 31.3 Å². The minimum atomic E-state index is -0.161.